The highest BCUT2D eigenvalue weighted by molar-refractivity contribution is 5.90. The molecule has 1 N–H and O–H groups in total. The van der Waals surface area contributed by atoms with Gasteiger partial charge in [0, 0.05) is 18.8 Å². The molecule has 2 unspecified atom stereocenters. The number of fused-ring (bicyclic) bond motifs is 1. The van der Waals surface area contributed by atoms with Crippen molar-refractivity contribution in [1.29, 1.82) is 0 Å². The van der Waals surface area contributed by atoms with Gasteiger partial charge < -0.3 is 14.8 Å². The zero-order chi connectivity index (χ0) is 22.9. The molecule has 6 heteroatoms. The molecule has 170 valence electrons. The van der Waals surface area contributed by atoms with Crippen LogP contribution in [0, 0.1) is 5.92 Å². The zero-order valence-electron chi connectivity index (χ0n) is 19.3. The summed E-state index contributed by atoms with van der Waals surface area (Å²) in [6.45, 7) is 6.94. The SMILES string of the molecule is COC(=O)C1CC1c1ccc(NCc2cccc3c2N(C(=O)OC(C)(C)C)CCC3)cc1. The number of esters is 1. The van der Waals surface area contributed by atoms with Gasteiger partial charge in [-0.1, -0.05) is 30.3 Å². The molecular weight excluding hydrogens is 404 g/mol. The number of rotatable bonds is 5. The van der Waals surface area contributed by atoms with Crippen molar-refractivity contribution in [3.8, 4) is 0 Å². The van der Waals surface area contributed by atoms with Crippen molar-refractivity contribution in [3.63, 3.8) is 0 Å². The van der Waals surface area contributed by atoms with E-state index < -0.39 is 5.60 Å². The van der Waals surface area contributed by atoms with E-state index in [1.165, 1.54) is 18.2 Å². The summed E-state index contributed by atoms with van der Waals surface area (Å²) in [5.41, 5.74) is 4.86. The fraction of sp³-hybridized carbons (Fsp3) is 0.462. The number of carbonyl (C=O) groups excluding carboxylic acids is 2. The Balaban J connectivity index is 1.45. The van der Waals surface area contributed by atoms with Crippen LogP contribution in [-0.2, 0) is 27.2 Å². The second kappa shape index (κ2) is 8.85. The first-order valence-electron chi connectivity index (χ1n) is 11.3. The number of para-hydroxylation sites is 1. The first-order valence-corrected chi connectivity index (χ1v) is 11.3. The molecule has 0 aromatic heterocycles. The number of benzene rings is 2. The van der Waals surface area contributed by atoms with Crippen LogP contribution < -0.4 is 10.2 Å². The predicted molar refractivity (Wildman–Crippen MR) is 125 cm³/mol. The molecule has 6 nitrogen and oxygen atoms in total. The maximum atomic E-state index is 12.9. The Morgan fingerprint density at radius 1 is 1.12 bits per heavy atom. The standard InChI is InChI=1S/C26H32N2O4/c1-26(2,3)32-25(30)28-14-6-9-18-7-5-8-19(23(18)28)16-27-20-12-10-17(11-13-20)21-15-22(21)24(29)31-4/h5,7-8,10-13,21-22,27H,6,9,14-16H2,1-4H3. The second-order valence-electron chi connectivity index (χ2n) is 9.61. The molecule has 2 aliphatic rings. The Hall–Kier alpha value is -3.02. The number of anilines is 2. The molecule has 1 saturated carbocycles. The number of aryl methyl sites for hydroxylation is 1. The minimum absolute atomic E-state index is 0.00603. The molecule has 2 aromatic carbocycles. The van der Waals surface area contributed by atoms with Crippen molar-refractivity contribution in [2.45, 2.75) is 58.1 Å². The summed E-state index contributed by atoms with van der Waals surface area (Å²) in [5, 5.41) is 3.48. The molecule has 0 bridgehead atoms. The van der Waals surface area contributed by atoms with Crippen molar-refractivity contribution in [1.82, 2.24) is 0 Å². The van der Waals surface area contributed by atoms with Crippen molar-refractivity contribution >= 4 is 23.4 Å². The molecular formula is C26H32N2O4. The molecule has 4 rings (SSSR count). The van der Waals surface area contributed by atoms with Gasteiger partial charge in [-0.05, 0) is 74.8 Å². The number of methoxy groups -OCH3 is 1. The minimum atomic E-state index is -0.530. The lowest BCUT2D eigenvalue weighted by atomic mass is 9.97. The largest absolute Gasteiger partial charge is 0.469 e. The van der Waals surface area contributed by atoms with Crippen LogP contribution in [0.15, 0.2) is 42.5 Å². The Kier molecular flexibility index (Phi) is 6.13. The van der Waals surface area contributed by atoms with E-state index in [4.69, 9.17) is 9.47 Å². The highest BCUT2D eigenvalue weighted by Gasteiger charge is 2.44. The van der Waals surface area contributed by atoms with E-state index in [1.54, 1.807) is 4.90 Å². The summed E-state index contributed by atoms with van der Waals surface area (Å²) in [6, 6.07) is 14.4. The molecule has 0 radical (unpaired) electrons. The number of nitrogens with one attached hydrogen (secondary N) is 1. The van der Waals surface area contributed by atoms with Crippen LogP contribution in [0.2, 0.25) is 0 Å². The first-order chi connectivity index (χ1) is 15.3. The number of hydrogen-bond donors (Lipinski definition) is 1. The summed E-state index contributed by atoms with van der Waals surface area (Å²) >= 11 is 0. The molecule has 2 atom stereocenters. The van der Waals surface area contributed by atoms with Crippen molar-refractivity contribution < 1.29 is 19.1 Å². The molecule has 0 saturated heterocycles. The van der Waals surface area contributed by atoms with Gasteiger partial charge in [0.15, 0.2) is 0 Å². The topological polar surface area (TPSA) is 67.9 Å². The number of nitrogens with zero attached hydrogens (tertiary/aromatic N) is 1. The third-order valence-corrected chi connectivity index (χ3v) is 6.03. The van der Waals surface area contributed by atoms with E-state index >= 15 is 0 Å². The van der Waals surface area contributed by atoms with Crippen molar-refractivity contribution in [2.75, 3.05) is 23.9 Å². The lowest BCUT2D eigenvalue weighted by molar-refractivity contribution is -0.142. The number of hydrogen-bond acceptors (Lipinski definition) is 5. The molecule has 1 fully saturated rings. The molecule has 2 aromatic rings. The summed E-state index contributed by atoms with van der Waals surface area (Å²) in [7, 11) is 1.44. The van der Waals surface area contributed by atoms with Gasteiger partial charge in [-0.3, -0.25) is 9.69 Å². The number of ether oxygens (including phenoxy) is 2. The van der Waals surface area contributed by atoms with Gasteiger partial charge in [-0.2, -0.15) is 0 Å². The lowest BCUT2D eigenvalue weighted by Crippen LogP contribution is -2.40. The van der Waals surface area contributed by atoms with E-state index in [2.05, 4.69) is 35.6 Å². The molecule has 0 spiro atoms. The van der Waals surface area contributed by atoms with E-state index in [9.17, 15) is 9.59 Å². The van der Waals surface area contributed by atoms with E-state index in [-0.39, 0.29) is 23.9 Å². The summed E-state index contributed by atoms with van der Waals surface area (Å²) in [4.78, 5) is 26.3. The Morgan fingerprint density at radius 3 is 2.56 bits per heavy atom. The van der Waals surface area contributed by atoms with Gasteiger partial charge in [-0.25, -0.2) is 4.79 Å². The Bertz CT molecular complexity index is 994. The highest BCUT2D eigenvalue weighted by Crippen LogP contribution is 2.48. The average Bonchev–Trinajstić information content (AvgIpc) is 3.57. The molecule has 1 aliphatic heterocycles. The minimum Gasteiger partial charge on any atom is -0.469 e. The van der Waals surface area contributed by atoms with Gasteiger partial charge in [0.1, 0.15) is 5.60 Å². The molecule has 1 heterocycles. The number of carbonyl (C=O) groups is 2. The normalized spacial score (nSPS) is 19.7. The monoisotopic (exact) mass is 436 g/mol. The quantitative estimate of drug-likeness (QED) is 0.648. The van der Waals surface area contributed by atoms with Gasteiger partial charge in [0.25, 0.3) is 0 Å². The summed E-state index contributed by atoms with van der Waals surface area (Å²) < 4.78 is 10.5. The Labute approximate surface area is 189 Å². The van der Waals surface area contributed by atoms with Crippen LogP contribution in [-0.4, -0.2) is 31.3 Å². The smallest absolute Gasteiger partial charge is 0.414 e. The lowest BCUT2D eigenvalue weighted by Gasteiger charge is -2.33. The molecule has 1 amide bonds. The van der Waals surface area contributed by atoms with Crippen LogP contribution in [0.25, 0.3) is 0 Å². The fourth-order valence-corrected chi connectivity index (χ4v) is 4.40. The van der Waals surface area contributed by atoms with E-state index in [1.807, 2.05) is 32.9 Å². The number of amides is 1. The van der Waals surface area contributed by atoms with Gasteiger partial charge >= 0.3 is 12.1 Å². The maximum Gasteiger partial charge on any atom is 0.414 e. The maximum absolute atomic E-state index is 12.9. The van der Waals surface area contributed by atoms with Crippen LogP contribution >= 0.6 is 0 Å². The van der Waals surface area contributed by atoms with Crippen LogP contribution in [0.3, 0.4) is 0 Å². The van der Waals surface area contributed by atoms with Gasteiger partial charge in [0.2, 0.25) is 0 Å². The molecule has 1 aliphatic carbocycles. The predicted octanol–water partition coefficient (Wildman–Crippen LogP) is 5.26. The summed E-state index contributed by atoms with van der Waals surface area (Å²) in [5.74, 6) is 0.133. The highest BCUT2D eigenvalue weighted by atomic mass is 16.6. The average molecular weight is 437 g/mol. The third kappa shape index (κ3) is 4.90. The first kappa shape index (κ1) is 22.2. The molecule has 32 heavy (non-hydrogen) atoms. The fourth-order valence-electron chi connectivity index (χ4n) is 4.40. The third-order valence-electron chi connectivity index (χ3n) is 6.03. The van der Waals surface area contributed by atoms with E-state index in [0.717, 1.165) is 36.2 Å². The summed E-state index contributed by atoms with van der Waals surface area (Å²) in [6.07, 6.45) is 2.45. The van der Waals surface area contributed by atoms with E-state index in [0.29, 0.717) is 13.1 Å². The van der Waals surface area contributed by atoms with Crippen LogP contribution in [0.1, 0.15) is 56.2 Å². The van der Waals surface area contributed by atoms with Crippen LogP contribution in [0.5, 0.6) is 0 Å². The zero-order valence-corrected chi connectivity index (χ0v) is 19.3. The van der Waals surface area contributed by atoms with Crippen molar-refractivity contribution in [2.24, 2.45) is 5.92 Å². The van der Waals surface area contributed by atoms with Gasteiger partial charge in [0.05, 0.1) is 18.7 Å². The van der Waals surface area contributed by atoms with Crippen molar-refractivity contribution in [3.05, 3.63) is 59.2 Å². The van der Waals surface area contributed by atoms with Gasteiger partial charge in [-0.15, -0.1) is 0 Å². The van der Waals surface area contributed by atoms with Crippen LogP contribution in [0.4, 0.5) is 16.2 Å². The Morgan fingerprint density at radius 2 is 1.88 bits per heavy atom. The second-order valence-corrected chi connectivity index (χ2v) is 9.61.